The van der Waals surface area contributed by atoms with Crippen LogP contribution >= 0.6 is 0 Å². The van der Waals surface area contributed by atoms with Crippen LogP contribution in [0.2, 0.25) is 0 Å². The largest absolute Gasteiger partial charge is 0.479 e. The van der Waals surface area contributed by atoms with Gasteiger partial charge in [0, 0.05) is 28.9 Å². The van der Waals surface area contributed by atoms with Gasteiger partial charge in [0.25, 0.3) is 0 Å². The van der Waals surface area contributed by atoms with Crippen molar-refractivity contribution in [1.82, 2.24) is 19.5 Å². The Balaban J connectivity index is 2.57. The number of nitrogen functional groups attached to an aromatic ring is 1. The lowest BCUT2D eigenvalue weighted by atomic mass is 10.4. The summed E-state index contributed by atoms with van der Waals surface area (Å²) in [5.41, 5.74) is 7.00. The van der Waals surface area contributed by atoms with Gasteiger partial charge >= 0.3 is 0 Å². The van der Waals surface area contributed by atoms with Gasteiger partial charge in [0.05, 0.1) is 7.11 Å². The molecule has 2 heterocycles. The summed E-state index contributed by atoms with van der Waals surface area (Å²) < 4.78 is 18.2. The van der Waals surface area contributed by atoms with Gasteiger partial charge in [0.1, 0.15) is 6.33 Å². The molecule has 0 aliphatic heterocycles. The van der Waals surface area contributed by atoms with Gasteiger partial charge in [-0.1, -0.05) is 0 Å². The zero-order valence-electron chi connectivity index (χ0n) is 10.5. The number of hydrogen-bond donors (Lipinski definition) is 1. The number of nitrogens with zero attached hydrogens (tertiary/aromatic N) is 4. The Morgan fingerprint density at radius 1 is 1.56 bits per heavy atom. The zero-order chi connectivity index (χ0) is 13.3. The Morgan fingerprint density at radius 3 is 2.89 bits per heavy atom. The molecule has 0 aliphatic carbocycles. The van der Waals surface area contributed by atoms with Gasteiger partial charge in [-0.2, -0.15) is 4.98 Å². The number of anilines is 1. The van der Waals surface area contributed by atoms with Crippen LogP contribution in [0.25, 0.3) is 11.2 Å². The van der Waals surface area contributed by atoms with Gasteiger partial charge in [0.2, 0.25) is 11.8 Å². The maximum Gasteiger partial charge on any atom is 0.245 e. The second-order valence-electron chi connectivity index (χ2n) is 3.98. The topological polar surface area (TPSA) is 95.9 Å². The molecular formula is C10H15N5O2S. The van der Waals surface area contributed by atoms with E-state index in [1.165, 1.54) is 13.4 Å². The number of hydrogen-bond acceptors (Lipinski definition) is 6. The lowest BCUT2D eigenvalue weighted by Crippen LogP contribution is -2.15. The fraction of sp³-hybridized carbons (Fsp3) is 0.500. The highest BCUT2D eigenvalue weighted by Gasteiger charge is 2.19. The SMILES string of the molecule is COc1ncnc2c1nc(N)n2C(C)CS(C)=O. The zero-order valence-corrected chi connectivity index (χ0v) is 11.3. The van der Waals surface area contributed by atoms with Crippen molar-refractivity contribution in [2.24, 2.45) is 0 Å². The van der Waals surface area contributed by atoms with Gasteiger partial charge in [-0.15, -0.1) is 0 Å². The second-order valence-corrected chi connectivity index (χ2v) is 5.46. The molecule has 0 fully saturated rings. The minimum absolute atomic E-state index is 0.0551. The van der Waals surface area contributed by atoms with Crippen molar-refractivity contribution < 1.29 is 8.95 Å². The fourth-order valence-corrected chi connectivity index (χ4v) is 2.73. The molecule has 0 saturated heterocycles. The van der Waals surface area contributed by atoms with E-state index < -0.39 is 10.8 Å². The summed E-state index contributed by atoms with van der Waals surface area (Å²) in [6.45, 7) is 1.92. The molecule has 2 N–H and O–H groups in total. The number of imidazole rings is 1. The van der Waals surface area contributed by atoms with E-state index in [-0.39, 0.29) is 6.04 Å². The summed E-state index contributed by atoms with van der Waals surface area (Å²) >= 11 is 0. The summed E-state index contributed by atoms with van der Waals surface area (Å²) in [5.74, 6) is 1.19. The van der Waals surface area contributed by atoms with E-state index in [1.807, 2.05) is 6.92 Å². The van der Waals surface area contributed by atoms with Gasteiger partial charge in [-0.25, -0.2) is 9.97 Å². The number of fused-ring (bicyclic) bond motifs is 1. The van der Waals surface area contributed by atoms with Gasteiger partial charge < -0.3 is 10.5 Å². The molecule has 0 spiro atoms. The lowest BCUT2D eigenvalue weighted by molar-refractivity contribution is 0.401. The van der Waals surface area contributed by atoms with E-state index in [9.17, 15) is 4.21 Å². The van der Waals surface area contributed by atoms with E-state index in [4.69, 9.17) is 10.5 Å². The van der Waals surface area contributed by atoms with Gasteiger partial charge in [0.15, 0.2) is 11.2 Å². The summed E-state index contributed by atoms with van der Waals surface area (Å²) in [5, 5.41) is 0. The first kappa shape index (κ1) is 12.7. The highest BCUT2D eigenvalue weighted by atomic mass is 32.2. The third-order valence-corrected chi connectivity index (χ3v) is 3.53. The quantitative estimate of drug-likeness (QED) is 0.860. The molecule has 2 unspecified atom stereocenters. The molecule has 0 aliphatic rings. The normalized spacial score (nSPS) is 14.6. The lowest BCUT2D eigenvalue weighted by Gasteiger charge is -2.13. The van der Waals surface area contributed by atoms with Crippen LogP contribution in [0.4, 0.5) is 5.95 Å². The Morgan fingerprint density at radius 2 is 2.28 bits per heavy atom. The minimum atomic E-state index is -0.917. The van der Waals surface area contributed by atoms with Crippen LogP contribution in [-0.2, 0) is 10.8 Å². The Bertz CT molecular complexity index is 597. The van der Waals surface area contributed by atoms with Gasteiger partial charge in [-0.3, -0.25) is 8.78 Å². The molecule has 98 valence electrons. The summed E-state index contributed by atoms with van der Waals surface area (Å²) in [6, 6.07) is -0.0551. The van der Waals surface area contributed by atoms with Crippen LogP contribution in [-0.4, -0.2) is 42.8 Å². The first-order valence-electron chi connectivity index (χ1n) is 5.37. The van der Waals surface area contributed by atoms with Crippen molar-refractivity contribution >= 4 is 27.9 Å². The van der Waals surface area contributed by atoms with Crippen molar-refractivity contribution in [3.8, 4) is 5.88 Å². The number of aromatic nitrogens is 4. The van der Waals surface area contributed by atoms with Crippen LogP contribution in [0.15, 0.2) is 6.33 Å². The molecule has 7 nitrogen and oxygen atoms in total. The Kier molecular flexibility index (Phi) is 3.46. The average Bonchev–Trinajstić information content (AvgIpc) is 2.63. The highest BCUT2D eigenvalue weighted by molar-refractivity contribution is 7.84. The fourth-order valence-electron chi connectivity index (χ4n) is 1.90. The van der Waals surface area contributed by atoms with Crippen molar-refractivity contribution in [3.63, 3.8) is 0 Å². The van der Waals surface area contributed by atoms with Crippen molar-refractivity contribution in [1.29, 1.82) is 0 Å². The third-order valence-electron chi connectivity index (χ3n) is 2.58. The van der Waals surface area contributed by atoms with Crippen molar-refractivity contribution in [3.05, 3.63) is 6.33 Å². The maximum absolute atomic E-state index is 11.3. The molecule has 18 heavy (non-hydrogen) atoms. The maximum atomic E-state index is 11.3. The van der Waals surface area contributed by atoms with Crippen molar-refractivity contribution in [2.45, 2.75) is 13.0 Å². The summed E-state index contributed by atoms with van der Waals surface area (Å²) in [7, 11) is 0.598. The first-order valence-corrected chi connectivity index (χ1v) is 7.09. The smallest absolute Gasteiger partial charge is 0.245 e. The van der Waals surface area contributed by atoms with E-state index in [0.717, 1.165) is 0 Å². The molecule has 0 saturated carbocycles. The van der Waals surface area contributed by atoms with E-state index in [1.54, 1.807) is 10.8 Å². The van der Waals surface area contributed by atoms with Crippen LogP contribution in [0.1, 0.15) is 13.0 Å². The average molecular weight is 269 g/mol. The number of nitrogens with two attached hydrogens (primary N) is 1. The molecule has 0 amide bonds. The standard InChI is InChI=1S/C10H15N5O2S/c1-6(4-18(3)16)15-8-7(14-10(15)11)9(17-2)13-5-12-8/h5-6H,4H2,1-3H3,(H2,11,14). The van der Waals surface area contributed by atoms with Crippen molar-refractivity contribution in [2.75, 3.05) is 24.9 Å². The summed E-state index contributed by atoms with van der Waals surface area (Å²) in [4.78, 5) is 12.3. The molecule has 0 aromatic carbocycles. The van der Waals surface area contributed by atoms with Crippen LogP contribution in [0.3, 0.4) is 0 Å². The van der Waals surface area contributed by atoms with Gasteiger partial charge in [-0.05, 0) is 6.92 Å². The minimum Gasteiger partial charge on any atom is -0.479 e. The van der Waals surface area contributed by atoms with E-state index in [2.05, 4.69) is 15.0 Å². The molecule has 0 bridgehead atoms. The predicted molar refractivity (Wildman–Crippen MR) is 69.9 cm³/mol. The second kappa shape index (κ2) is 4.89. The number of rotatable bonds is 4. The van der Waals surface area contributed by atoms with Crippen LogP contribution in [0.5, 0.6) is 5.88 Å². The predicted octanol–water partition coefficient (Wildman–Crippen LogP) is 0.357. The molecule has 2 aromatic rings. The Labute approximate surface area is 107 Å². The third kappa shape index (κ3) is 2.15. The Hall–Kier alpha value is -1.70. The van der Waals surface area contributed by atoms with Crippen LogP contribution in [0, 0.1) is 0 Å². The molecule has 0 radical (unpaired) electrons. The molecule has 2 atom stereocenters. The highest BCUT2D eigenvalue weighted by Crippen LogP contribution is 2.26. The monoisotopic (exact) mass is 269 g/mol. The number of ether oxygens (including phenoxy) is 1. The van der Waals surface area contributed by atoms with E-state index in [0.29, 0.717) is 28.7 Å². The van der Waals surface area contributed by atoms with Crippen LogP contribution < -0.4 is 10.5 Å². The first-order chi connectivity index (χ1) is 8.54. The van der Waals surface area contributed by atoms with E-state index >= 15 is 0 Å². The number of methoxy groups -OCH3 is 1. The summed E-state index contributed by atoms with van der Waals surface area (Å²) in [6.07, 6.45) is 3.05. The molecular weight excluding hydrogens is 254 g/mol. The molecule has 2 rings (SSSR count). The molecule has 8 heteroatoms. The molecule has 2 aromatic heterocycles.